The molecule has 3 aromatic carbocycles. The van der Waals surface area contributed by atoms with E-state index in [1.807, 2.05) is 62.6 Å². The van der Waals surface area contributed by atoms with E-state index in [1.54, 1.807) is 29.2 Å². The van der Waals surface area contributed by atoms with Crippen molar-refractivity contribution in [2.24, 2.45) is 5.73 Å². The third-order valence-electron chi connectivity index (χ3n) is 5.48. The Labute approximate surface area is 206 Å². The average Bonchev–Trinajstić information content (AvgIpc) is 2.82. The number of alkyl halides is 1. The molecule has 0 aromatic heterocycles. The second-order valence-corrected chi connectivity index (χ2v) is 8.66. The van der Waals surface area contributed by atoms with E-state index in [0.29, 0.717) is 23.6 Å². The zero-order valence-electron chi connectivity index (χ0n) is 19.9. The first-order valence-corrected chi connectivity index (χ1v) is 11.8. The van der Waals surface area contributed by atoms with Crippen LogP contribution in [-0.4, -0.2) is 49.8 Å². The SMILES string of the molecule is CCN(CCCl)c1cccc(N(C(=O)c2ccc(C(N)=O)cc2)c2cccc(CN(C)C)c2)c1. The maximum Gasteiger partial charge on any atom is 0.262 e. The molecule has 0 radical (unpaired) electrons. The average molecular weight is 479 g/mol. The second-order valence-electron chi connectivity index (χ2n) is 8.28. The highest BCUT2D eigenvalue weighted by atomic mass is 35.5. The number of hydrogen-bond donors (Lipinski definition) is 1. The van der Waals surface area contributed by atoms with E-state index in [2.05, 4.69) is 16.7 Å². The molecular formula is C27H31ClN4O2. The first-order valence-electron chi connectivity index (χ1n) is 11.2. The summed E-state index contributed by atoms with van der Waals surface area (Å²) in [7, 11) is 4.02. The van der Waals surface area contributed by atoms with Crippen LogP contribution >= 0.6 is 11.6 Å². The van der Waals surface area contributed by atoms with Crippen LogP contribution < -0.4 is 15.5 Å². The molecule has 3 rings (SSSR count). The molecule has 0 aliphatic heterocycles. The van der Waals surface area contributed by atoms with Crippen molar-refractivity contribution in [3.8, 4) is 0 Å². The number of anilines is 3. The molecule has 0 unspecified atom stereocenters. The summed E-state index contributed by atoms with van der Waals surface area (Å²) in [6, 6.07) is 22.3. The molecular weight excluding hydrogens is 448 g/mol. The van der Waals surface area contributed by atoms with Gasteiger partial charge in [0.15, 0.2) is 0 Å². The van der Waals surface area contributed by atoms with Gasteiger partial charge in [-0.2, -0.15) is 0 Å². The summed E-state index contributed by atoms with van der Waals surface area (Å²) < 4.78 is 0. The first-order chi connectivity index (χ1) is 16.3. The van der Waals surface area contributed by atoms with Crippen LogP contribution in [0.25, 0.3) is 0 Å². The summed E-state index contributed by atoms with van der Waals surface area (Å²) in [5.74, 6) is -0.214. The summed E-state index contributed by atoms with van der Waals surface area (Å²) in [4.78, 5) is 31.2. The third-order valence-corrected chi connectivity index (χ3v) is 5.65. The quantitative estimate of drug-likeness (QED) is 0.421. The van der Waals surface area contributed by atoms with Crippen molar-refractivity contribution >= 4 is 40.5 Å². The highest BCUT2D eigenvalue weighted by molar-refractivity contribution is 6.18. The van der Waals surface area contributed by atoms with Crippen molar-refractivity contribution in [2.45, 2.75) is 13.5 Å². The van der Waals surface area contributed by atoms with E-state index in [-0.39, 0.29) is 5.91 Å². The minimum atomic E-state index is -0.529. The van der Waals surface area contributed by atoms with Crippen LogP contribution in [0.2, 0.25) is 0 Å². The Balaban J connectivity index is 2.09. The lowest BCUT2D eigenvalue weighted by Gasteiger charge is -2.27. The number of carbonyl (C=O) groups excluding carboxylic acids is 2. The zero-order chi connectivity index (χ0) is 24.7. The molecule has 2 amide bonds. The Morgan fingerprint density at radius 3 is 2.03 bits per heavy atom. The van der Waals surface area contributed by atoms with Crippen molar-refractivity contribution in [2.75, 3.05) is 42.9 Å². The highest BCUT2D eigenvalue weighted by Gasteiger charge is 2.21. The van der Waals surface area contributed by atoms with E-state index in [9.17, 15) is 9.59 Å². The molecule has 0 aliphatic carbocycles. The third kappa shape index (κ3) is 6.16. The lowest BCUT2D eigenvalue weighted by Crippen LogP contribution is -2.28. The van der Waals surface area contributed by atoms with Gasteiger partial charge in [0.05, 0.1) is 5.69 Å². The summed E-state index contributed by atoms with van der Waals surface area (Å²) >= 11 is 6.00. The van der Waals surface area contributed by atoms with E-state index in [0.717, 1.165) is 35.7 Å². The molecule has 178 valence electrons. The van der Waals surface area contributed by atoms with Crippen LogP contribution in [0, 0.1) is 0 Å². The van der Waals surface area contributed by atoms with Gasteiger partial charge in [0.25, 0.3) is 5.91 Å². The fourth-order valence-corrected chi connectivity index (χ4v) is 4.05. The van der Waals surface area contributed by atoms with Gasteiger partial charge in [-0.05, 0) is 81.2 Å². The lowest BCUT2D eigenvalue weighted by atomic mass is 10.1. The van der Waals surface area contributed by atoms with E-state index in [1.165, 1.54) is 0 Å². The van der Waals surface area contributed by atoms with Crippen molar-refractivity contribution in [1.82, 2.24) is 4.90 Å². The fourth-order valence-electron chi connectivity index (χ4n) is 3.85. The molecule has 0 bridgehead atoms. The number of amides is 2. The number of benzene rings is 3. The van der Waals surface area contributed by atoms with Crippen LogP contribution in [0.4, 0.5) is 17.1 Å². The monoisotopic (exact) mass is 478 g/mol. The Bertz CT molecular complexity index is 1130. The summed E-state index contributed by atoms with van der Waals surface area (Å²) in [6.07, 6.45) is 0. The summed E-state index contributed by atoms with van der Waals surface area (Å²) in [6.45, 7) is 4.34. The zero-order valence-corrected chi connectivity index (χ0v) is 20.6. The summed E-state index contributed by atoms with van der Waals surface area (Å²) in [5, 5.41) is 0. The van der Waals surface area contributed by atoms with Gasteiger partial charge in [-0.25, -0.2) is 0 Å². The van der Waals surface area contributed by atoms with Crippen molar-refractivity contribution in [3.63, 3.8) is 0 Å². The van der Waals surface area contributed by atoms with E-state index < -0.39 is 5.91 Å². The van der Waals surface area contributed by atoms with Crippen molar-refractivity contribution in [1.29, 1.82) is 0 Å². The van der Waals surface area contributed by atoms with Gasteiger partial charge in [-0.15, -0.1) is 11.6 Å². The molecule has 0 heterocycles. The number of nitrogens with zero attached hydrogens (tertiary/aromatic N) is 3. The fraction of sp³-hybridized carbons (Fsp3) is 0.259. The molecule has 0 spiro atoms. The predicted molar refractivity (Wildman–Crippen MR) is 140 cm³/mol. The largest absolute Gasteiger partial charge is 0.371 e. The molecule has 3 aromatic rings. The second kappa shape index (κ2) is 11.7. The molecule has 0 aliphatic rings. The van der Waals surface area contributed by atoms with Crippen LogP contribution in [0.1, 0.15) is 33.2 Å². The molecule has 0 saturated carbocycles. The van der Waals surface area contributed by atoms with Gasteiger partial charge in [0.2, 0.25) is 5.91 Å². The van der Waals surface area contributed by atoms with Gasteiger partial charge < -0.3 is 15.5 Å². The number of halogens is 1. The van der Waals surface area contributed by atoms with Crippen molar-refractivity contribution in [3.05, 3.63) is 89.5 Å². The van der Waals surface area contributed by atoms with Gasteiger partial charge in [-0.3, -0.25) is 14.5 Å². The summed E-state index contributed by atoms with van der Waals surface area (Å²) in [5.41, 5.74) is 9.79. The van der Waals surface area contributed by atoms with Crippen LogP contribution in [0.3, 0.4) is 0 Å². The molecule has 2 N–H and O–H groups in total. The topological polar surface area (TPSA) is 69.9 Å². The number of rotatable bonds is 10. The first kappa shape index (κ1) is 25.3. The Morgan fingerprint density at radius 1 is 0.853 bits per heavy atom. The maximum absolute atomic E-state index is 13.8. The Morgan fingerprint density at radius 2 is 1.44 bits per heavy atom. The van der Waals surface area contributed by atoms with Crippen LogP contribution in [0.15, 0.2) is 72.8 Å². The molecule has 7 heteroatoms. The predicted octanol–water partition coefficient (Wildman–Crippen LogP) is 4.89. The van der Waals surface area contributed by atoms with Crippen LogP contribution in [0.5, 0.6) is 0 Å². The highest BCUT2D eigenvalue weighted by Crippen LogP contribution is 2.31. The van der Waals surface area contributed by atoms with E-state index in [4.69, 9.17) is 17.3 Å². The normalized spacial score (nSPS) is 10.9. The standard InChI is InChI=1S/C27H31ClN4O2/c1-4-31(16-15-28)23-8-6-10-25(18-23)32(24-9-5-7-20(17-24)19-30(2)3)27(34)22-13-11-21(12-14-22)26(29)33/h5-14,17-18H,4,15-16,19H2,1-3H3,(H2,29,33). The number of nitrogens with two attached hydrogens (primary N) is 1. The number of primary amides is 1. The van der Waals surface area contributed by atoms with Gasteiger partial charge in [0.1, 0.15) is 0 Å². The maximum atomic E-state index is 13.8. The Hall–Kier alpha value is -3.35. The smallest absolute Gasteiger partial charge is 0.262 e. The molecule has 0 saturated heterocycles. The van der Waals surface area contributed by atoms with Gasteiger partial charge in [-0.1, -0.05) is 18.2 Å². The molecule has 0 atom stereocenters. The van der Waals surface area contributed by atoms with Crippen LogP contribution in [-0.2, 0) is 6.54 Å². The number of hydrogen-bond acceptors (Lipinski definition) is 4. The Kier molecular flexibility index (Phi) is 8.68. The minimum absolute atomic E-state index is 0.199. The van der Waals surface area contributed by atoms with E-state index >= 15 is 0 Å². The number of carbonyl (C=O) groups is 2. The molecule has 0 fully saturated rings. The van der Waals surface area contributed by atoms with Crippen molar-refractivity contribution < 1.29 is 9.59 Å². The van der Waals surface area contributed by atoms with Gasteiger partial charge in [0, 0.05) is 48.0 Å². The minimum Gasteiger partial charge on any atom is -0.371 e. The molecule has 34 heavy (non-hydrogen) atoms. The lowest BCUT2D eigenvalue weighted by molar-refractivity contribution is 0.0988. The van der Waals surface area contributed by atoms with Gasteiger partial charge >= 0.3 is 0 Å². The molecule has 6 nitrogen and oxygen atoms in total.